The summed E-state index contributed by atoms with van der Waals surface area (Å²) in [5.41, 5.74) is 2.66. The Kier molecular flexibility index (Phi) is 4.88. The maximum absolute atomic E-state index is 13.4. The highest BCUT2D eigenvalue weighted by Gasteiger charge is 2.29. The predicted molar refractivity (Wildman–Crippen MR) is 101 cm³/mol. The lowest BCUT2D eigenvalue weighted by molar-refractivity contribution is 0.348. The van der Waals surface area contributed by atoms with E-state index < -0.39 is 10.0 Å². The molecule has 0 atom stereocenters. The summed E-state index contributed by atoms with van der Waals surface area (Å²) in [6.07, 6.45) is 1.69. The van der Waals surface area contributed by atoms with Gasteiger partial charge < -0.3 is 0 Å². The standard InChI is InChI=1S/C20H22N2O2S/c1-15(2)22(14-17-8-5-4-6-9-17)25(23,24)19-12-11-16(3)20-18(19)10-7-13-21-20/h4-13,15H,14H2,1-3H3. The van der Waals surface area contributed by atoms with Crippen molar-refractivity contribution in [3.63, 3.8) is 0 Å². The number of benzene rings is 2. The molecule has 0 N–H and O–H groups in total. The Morgan fingerprint density at radius 3 is 2.40 bits per heavy atom. The third kappa shape index (κ3) is 3.43. The smallest absolute Gasteiger partial charge is 0.244 e. The first-order valence-corrected chi connectivity index (χ1v) is 9.75. The van der Waals surface area contributed by atoms with Crippen molar-refractivity contribution in [2.24, 2.45) is 0 Å². The quantitative estimate of drug-likeness (QED) is 0.692. The number of aryl methyl sites for hydroxylation is 1. The second kappa shape index (κ2) is 6.94. The number of sulfonamides is 1. The van der Waals surface area contributed by atoms with Gasteiger partial charge in [-0.15, -0.1) is 0 Å². The largest absolute Gasteiger partial charge is 0.256 e. The minimum Gasteiger partial charge on any atom is -0.256 e. The van der Waals surface area contributed by atoms with Gasteiger partial charge in [0.05, 0.1) is 10.4 Å². The van der Waals surface area contributed by atoms with E-state index in [1.54, 1.807) is 22.6 Å². The topological polar surface area (TPSA) is 50.3 Å². The highest BCUT2D eigenvalue weighted by atomic mass is 32.2. The predicted octanol–water partition coefficient (Wildman–Crippen LogP) is 4.14. The summed E-state index contributed by atoms with van der Waals surface area (Å²) in [6.45, 7) is 6.08. The average Bonchev–Trinajstić information content (AvgIpc) is 2.60. The summed E-state index contributed by atoms with van der Waals surface area (Å²) in [5.74, 6) is 0. The maximum Gasteiger partial charge on any atom is 0.244 e. The molecule has 0 fully saturated rings. The van der Waals surface area contributed by atoms with Crippen LogP contribution in [0.3, 0.4) is 0 Å². The van der Waals surface area contributed by atoms with Crippen molar-refractivity contribution < 1.29 is 8.42 Å². The normalized spacial score (nSPS) is 12.2. The molecule has 0 unspecified atom stereocenters. The zero-order valence-electron chi connectivity index (χ0n) is 14.7. The fourth-order valence-electron chi connectivity index (χ4n) is 2.95. The minimum atomic E-state index is -3.65. The molecule has 1 aromatic heterocycles. The molecule has 3 aromatic rings. The molecule has 5 heteroatoms. The number of pyridine rings is 1. The fraction of sp³-hybridized carbons (Fsp3) is 0.250. The molecule has 0 aliphatic rings. The zero-order chi connectivity index (χ0) is 18.0. The number of nitrogens with zero attached hydrogens (tertiary/aromatic N) is 2. The molecule has 0 bridgehead atoms. The molecule has 130 valence electrons. The van der Waals surface area contributed by atoms with Crippen LogP contribution in [0.1, 0.15) is 25.0 Å². The van der Waals surface area contributed by atoms with Gasteiger partial charge in [0.1, 0.15) is 0 Å². The summed E-state index contributed by atoms with van der Waals surface area (Å²) in [7, 11) is -3.65. The van der Waals surface area contributed by atoms with E-state index >= 15 is 0 Å². The first kappa shape index (κ1) is 17.6. The van der Waals surface area contributed by atoms with Crippen molar-refractivity contribution in [2.75, 3.05) is 0 Å². The lowest BCUT2D eigenvalue weighted by Gasteiger charge is -2.26. The first-order chi connectivity index (χ1) is 11.9. The molecule has 0 spiro atoms. The van der Waals surface area contributed by atoms with Gasteiger partial charge in [-0.1, -0.05) is 36.4 Å². The van der Waals surface area contributed by atoms with Crippen LogP contribution in [-0.2, 0) is 16.6 Å². The van der Waals surface area contributed by atoms with Crippen LogP contribution in [0.2, 0.25) is 0 Å². The van der Waals surface area contributed by atoms with Gasteiger partial charge in [-0.25, -0.2) is 8.42 Å². The van der Waals surface area contributed by atoms with Crippen LogP contribution in [-0.4, -0.2) is 23.7 Å². The van der Waals surface area contributed by atoms with Crippen LogP contribution < -0.4 is 0 Å². The number of fused-ring (bicyclic) bond motifs is 1. The van der Waals surface area contributed by atoms with Crippen molar-refractivity contribution in [1.29, 1.82) is 0 Å². The van der Waals surface area contributed by atoms with E-state index in [-0.39, 0.29) is 6.04 Å². The average molecular weight is 354 g/mol. The first-order valence-electron chi connectivity index (χ1n) is 8.31. The monoisotopic (exact) mass is 354 g/mol. The third-order valence-corrected chi connectivity index (χ3v) is 6.36. The summed E-state index contributed by atoms with van der Waals surface area (Å²) in [5, 5.41) is 0.668. The van der Waals surface area contributed by atoms with E-state index in [1.807, 2.05) is 63.2 Å². The van der Waals surface area contributed by atoms with Gasteiger partial charge in [-0.2, -0.15) is 4.31 Å². The second-order valence-electron chi connectivity index (χ2n) is 6.41. The second-order valence-corrected chi connectivity index (χ2v) is 8.27. The number of hydrogen-bond acceptors (Lipinski definition) is 3. The Morgan fingerprint density at radius 1 is 1.00 bits per heavy atom. The Bertz CT molecular complexity index is 983. The summed E-state index contributed by atoms with van der Waals surface area (Å²) < 4.78 is 28.3. The van der Waals surface area contributed by atoms with Gasteiger partial charge in [0, 0.05) is 24.2 Å². The van der Waals surface area contributed by atoms with Crippen molar-refractivity contribution in [2.45, 2.75) is 38.3 Å². The number of rotatable bonds is 5. The molecule has 0 saturated carbocycles. The van der Waals surface area contributed by atoms with Crippen LogP contribution in [0.15, 0.2) is 65.7 Å². The molecule has 1 heterocycles. The summed E-state index contributed by atoms with van der Waals surface area (Å²) >= 11 is 0. The Hall–Kier alpha value is -2.24. The van der Waals surface area contributed by atoms with Crippen molar-refractivity contribution in [3.8, 4) is 0 Å². The number of hydrogen-bond donors (Lipinski definition) is 0. The van der Waals surface area contributed by atoms with Crippen LogP contribution in [0, 0.1) is 6.92 Å². The molecule has 4 nitrogen and oxygen atoms in total. The van der Waals surface area contributed by atoms with E-state index in [2.05, 4.69) is 4.98 Å². The Labute approximate surface area is 149 Å². The van der Waals surface area contributed by atoms with E-state index in [0.717, 1.165) is 16.6 Å². The Balaban J connectivity index is 2.12. The van der Waals surface area contributed by atoms with Gasteiger partial charge in [-0.05, 0) is 50.1 Å². The molecule has 0 aliphatic heterocycles. The Morgan fingerprint density at radius 2 is 1.72 bits per heavy atom. The van der Waals surface area contributed by atoms with Gasteiger partial charge in [-0.3, -0.25) is 4.98 Å². The molecule has 3 rings (SSSR count). The van der Waals surface area contributed by atoms with Crippen molar-refractivity contribution in [3.05, 3.63) is 71.9 Å². The van der Waals surface area contributed by atoms with Crippen LogP contribution in [0.5, 0.6) is 0 Å². The van der Waals surface area contributed by atoms with Crippen molar-refractivity contribution >= 4 is 20.9 Å². The van der Waals surface area contributed by atoms with E-state index in [9.17, 15) is 8.42 Å². The third-order valence-electron chi connectivity index (χ3n) is 4.28. The molecule has 0 radical (unpaired) electrons. The van der Waals surface area contributed by atoms with Gasteiger partial charge in [0.25, 0.3) is 0 Å². The lowest BCUT2D eigenvalue weighted by atomic mass is 10.1. The van der Waals surface area contributed by atoms with Crippen LogP contribution in [0.4, 0.5) is 0 Å². The van der Waals surface area contributed by atoms with E-state index in [1.165, 1.54) is 0 Å². The molecule has 2 aromatic carbocycles. The summed E-state index contributed by atoms with van der Waals surface area (Å²) in [4.78, 5) is 4.67. The van der Waals surface area contributed by atoms with Crippen molar-refractivity contribution in [1.82, 2.24) is 9.29 Å². The lowest BCUT2D eigenvalue weighted by Crippen LogP contribution is -2.36. The highest BCUT2D eigenvalue weighted by Crippen LogP contribution is 2.28. The van der Waals surface area contributed by atoms with E-state index in [4.69, 9.17) is 0 Å². The highest BCUT2D eigenvalue weighted by molar-refractivity contribution is 7.89. The van der Waals surface area contributed by atoms with E-state index in [0.29, 0.717) is 16.8 Å². The van der Waals surface area contributed by atoms with Gasteiger partial charge in [0.15, 0.2) is 0 Å². The molecular weight excluding hydrogens is 332 g/mol. The minimum absolute atomic E-state index is 0.154. The fourth-order valence-corrected chi connectivity index (χ4v) is 4.76. The molecule has 0 saturated heterocycles. The maximum atomic E-state index is 13.4. The molecule has 0 amide bonds. The summed E-state index contributed by atoms with van der Waals surface area (Å²) in [6, 6.07) is 16.6. The van der Waals surface area contributed by atoms with Gasteiger partial charge in [0.2, 0.25) is 10.0 Å². The molecular formula is C20H22N2O2S. The van der Waals surface area contributed by atoms with Gasteiger partial charge >= 0.3 is 0 Å². The molecule has 0 aliphatic carbocycles. The zero-order valence-corrected chi connectivity index (χ0v) is 15.5. The molecule has 25 heavy (non-hydrogen) atoms. The number of aromatic nitrogens is 1. The van der Waals surface area contributed by atoms with Crippen LogP contribution in [0.25, 0.3) is 10.9 Å². The van der Waals surface area contributed by atoms with Crippen LogP contribution >= 0.6 is 0 Å². The SMILES string of the molecule is Cc1ccc(S(=O)(=O)N(Cc2ccccc2)C(C)C)c2cccnc12.